The molecule has 0 aromatic rings. The highest BCUT2D eigenvalue weighted by molar-refractivity contribution is 7.89. The summed E-state index contributed by atoms with van der Waals surface area (Å²) in [5.74, 6) is -0.0309. The number of amides is 1. The molecule has 142 valence electrons. The van der Waals surface area contributed by atoms with Gasteiger partial charge in [-0.15, -0.1) is 0 Å². The van der Waals surface area contributed by atoms with Crippen molar-refractivity contribution < 1.29 is 13.2 Å². The monoisotopic (exact) mass is 361 g/mol. The van der Waals surface area contributed by atoms with Gasteiger partial charge in [0, 0.05) is 19.6 Å². The highest BCUT2D eigenvalue weighted by Gasteiger charge is 2.31. The Labute approximate surface area is 148 Å². The first kappa shape index (κ1) is 21.4. The number of carbonyl (C=O) groups excluding carboxylic acids is 1. The van der Waals surface area contributed by atoms with E-state index in [-0.39, 0.29) is 17.6 Å². The molecule has 0 aromatic carbocycles. The Morgan fingerprint density at radius 1 is 1.21 bits per heavy atom. The highest BCUT2D eigenvalue weighted by Crippen LogP contribution is 2.20. The Morgan fingerprint density at radius 3 is 2.58 bits per heavy atom. The van der Waals surface area contributed by atoms with Crippen LogP contribution in [0.3, 0.4) is 0 Å². The molecule has 0 unspecified atom stereocenters. The minimum atomic E-state index is -3.20. The van der Waals surface area contributed by atoms with E-state index in [1.807, 2.05) is 6.92 Å². The van der Waals surface area contributed by atoms with Gasteiger partial charge >= 0.3 is 0 Å². The summed E-state index contributed by atoms with van der Waals surface area (Å²) >= 11 is 0. The maximum Gasteiger partial charge on any atom is 0.224 e. The molecule has 6 nitrogen and oxygen atoms in total. The topological polar surface area (TPSA) is 69.7 Å². The predicted octanol–water partition coefficient (Wildman–Crippen LogP) is 1.68. The van der Waals surface area contributed by atoms with Gasteiger partial charge in [-0.1, -0.05) is 20.3 Å². The van der Waals surface area contributed by atoms with Crippen molar-refractivity contribution in [3.05, 3.63) is 0 Å². The number of nitrogens with one attached hydrogen (secondary N) is 1. The molecule has 1 heterocycles. The molecule has 0 aliphatic carbocycles. The molecule has 0 saturated carbocycles. The third-order valence-electron chi connectivity index (χ3n) is 4.52. The van der Waals surface area contributed by atoms with E-state index in [2.05, 4.69) is 24.2 Å². The molecule has 0 spiro atoms. The molecule has 1 aliphatic rings. The number of hydrogen-bond donors (Lipinski definition) is 1. The number of rotatable bonds is 11. The van der Waals surface area contributed by atoms with Gasteiger partial charge < -0.3 is 10.2 Å². The summed E-state index contributed by atoms with van der Waals surface area (Å²) < 4.78 is 25.8. The van der Waals surface area contributed by atoms with E-state index >= 15 is 0 Å². The summed E-state index contributed by atoms with van der Waals surface area (Å²) in [7, 11) is -1.09. The molecule has 24 heavy (non-hydrogen) atoms. The van der Waals surface area contributed by atoms with Crippen LogP contribution in [0.25, 0.3) is 0 Å². The van der Waals surface area contributed by atoms with Crippen LogP contribution in [-0.2, 0) is 14.8 Å². The summed E-state index contributed by atoms with van der Waals surface area (Å²) in [6, 6.07) is 0. The summed E-state index contributed by atoms with van der Waals surface area (Å²) in [5.41, 5.74) is 0. The number of hydrogen-bond acceptors (Lipinski definition) is 4. The van der Waals surface area contributed by atoms with E-state index < -0.39 is 10.0 Å². The maximum atomic E-state index is 12.3. The van der Waals surface area contributed by atoms with Crippen molar-refractivity contribution in [2.45, 2.75) is 52.4 Å². The highest BCUT2D eigenvalue weighted by atomic mass is 32.2. The fraction of sp³-hybridized carbons (Fsp3) is 0.941. The Morgan fingerprint density at radius 2 is 1.92 bits per heavy atom. The van der Waals surface area contributed by atoms with Crippen molar-refractivity contribution in [2.24, 2.45) is 5.92 Å². The molecule has 1 rings (SSSR count). The van der Waals surface area contributed by atoms with Crippen LogP contribution >= 0.6 is 0 Å². The largest absolute Gasteiger partial charge is 0.356 e. The molecule has 1 N–H and O–H groups in total. The lowest BCUT2D eigenvalue weighted by atomic mass is 9.99. The van der Waals surface area contributed by atoms with Crippen LogP contribution in [0.4, 0.5) is 0 Å². The summed E-state index contributed by atoms with van der Waals surface area (Å²) in [6.45, 7) is 7.66. The second-order valence-electron chi connectivity index (χ2n) is 6.81. The normalized spacial score (nSPS) is 19.6. The number of unbranched alkanes of at least 4 members (excludes halogenated alkanes) is 1. The zero-order valence-corrected chi connectivity index (χ0v) is 16.4. The van der Waals surface area contributed by atoms with E-state index in [1.54, 1.807) is 0 Å². The number of carbonyl (C=O) groups is 1. The second kappa shape index (κ2) is 11.1. The van der Waals surface area contributed by atoms with Crippen LogP contribution in [0, 0.1) is 5.92 Å². The minimum absolute atomic E-state index is 0.00242. The summed E-state index contributed by atoms with van der Waals surface area (Å²) in [4.78, 5) is 14.6. The van der Waals surface area contributed by atoms with Crippen molar-refractivity contribution in [1.82, 2.24) is 14.5 Å². The molecule has 0 aromatic heterocycles. The van der Waals surface area contributed by atoms with E-state index in [9.17, 15) is 13.2 Å². The zero-order valence-electron chi connectivity index (χ0n) is 15.6. The molecule has 1 amide bonds. The van der Waals surface area contributed by atoms with Gasteiger partial charge in [0.15, 0.2) is 0 Å². The Bertz CT molecular complexity index is 468. The third kappa shape index (κ3) is 7.49. The van der Waals surface area contributed by atoms with Crippen LogP contribution in [0.2, 0.25) is 0 Å². The SMILES string of the molecule is CCCCN(C)CCCNC(=O)[C@@H]1CCCN(S(=O)(=O)CCC)C1. The van der Waals surface area contributed by atoms with Gasteiger partial charge in [-0.25, -0.2) is 12.7 Å². The van der Waals surface area contributed by atoms with Gasteiger partial charge in [-0.3, -0.25) is 4.79 Å². The quantitative estimate of drug-likeness (QED) is 0.569. The molecule has 0 bridgehead atoms. The van der Waals surface area contributed by atoms with Crippen LogP contribution in [0.1, 0.15) is 52.4 Å². The van der Waals surface area contributed by atoms with Gasteiger partial charge in [0.2, 0.25) is 15.9 Å². The van der Waals surface area contributed by atoms with Crippen LogP contribution in [0.5, 0.6) is 0 Å². The molecule has 7 heteroatoms. The average molecular weight is 362 g/mol. The summed E-state index contributed by atoms with van der Waals surface area (Å²) in [5, 5.41) is 2.98. The predicted molar refractivity (Wildman–Crippen MR) is 98.4 cm³/mol. The standard InChI is InChI=1S/C17H35N3O3S/c1-4-6-11-19(3)12-8-10-18-17(21)16-9-7-13-20(15-16)24(22,23)14-5-2/h16H,4-15H2,1-3H3,(H,18,21)/t16-/m1/s1. The molecule has 1 fully saturated rings. The first-order valence-electron chi connectivity index (χ1n) is 9.34. The van der Waals surface area contributed by atoms with E-state index in [0.29, 0.717) is 26.1 Å². The Kier molecular flexibility index (Phi) is 9.85. The Hall–Kier alpha value is -0.660. The van der Waals surface area contributed by atoms with Gasteiger partial charge in [0.25, 0.3) is 0 Å². The molecule has 1 saturated heterocycles. The first-order chi connectivity index (χ1) is 11.4. The number of sulfonamides is 1. The van der Waals surface area contributed by atoms with E-state index in [0.717, 1.165) is 32.4 Å². The lowest BCUT2D eigenvalue weighted by Gasteiger charge is -2.31. The Balaban J connectivity index is 2.32. The van der Waals surface area contributed by atoms with Gasteiger partial charge in [0.05, 0.1) is 11.7 Å². The van der Waals surface area contributed by atoms with Crippen LogP contribution < -0.4 is 5.32 Å². The molecule has 1 aliphatic heterocycles. The third-order valence-corrected chi connectivity index (χ3v) is 6.56. The van der Waals surface area contributed by atoms with Crippen LogP contribution in [-0.4, -0.2) is 69.1 Å². The van der Waals surface area contributed by atoms with Crippen molar-refractivity contribution in [1.29, 1.82) is 0 Å². The summed E-state index contributed by atoms with van der Waals surface area (Å²) in [6.07, 6.45) is 5.48. The van der Waals surface area contributed by atoms with E-state index in [4.69, 9.17) is 0 Å². The molecule has 0 radical (unpaired) electrons. The van der Waals surface area contributed by atoms with Gasteiger partial charge in [-0.2, -0.15) is 0 Å². The van der Waals surface area contributed by atoms with Crippen molar-refractivity contribution in [3.8, 4) is 0 Å². The zero-order chi connectivity index (χ0) is 18.0. The maximum absolute atomic E-state index is 12.3. The first-order valence-corrected chi connectivity index (χ1v) is 11.0. The lowest BCUT2D eigenvalue weighted by Crippen LogP contribution is -2.46. The van der Waals surface area contributed by atoms with Crippen LogP contribution in [0.15, 0.2) is 0 Å². The fourth-order valence-corrected chi connectivity index (χ4v) is 4.63. The average Bonchev–Trinajstić information content (AvgIpc) is 2.56. The smallest absolute Gasteiger partial charge is 0.224 e. The van der Waals surface area contributed by atoms with Gasteiger partial charge in [-0.05, 0) is 52.2 Å². The van der Waals surface area contributed by atoms with Crippen molar-refractivity contribution >= 4 is 15.9 Å². The van der Waals surface area contributed by atoms with Crippen molar-refractivity contribution in [3.63, 3.8) is 0 Å². The minimum Gasteiger partial charge on any atom is -0.356 e. The number of piperidine rings is 1. The second-order valence-corrected chi connectivity index (χ2v) is 8.90. The lowest BCUT2D eigenvalue weighted by molar-refractivity contribution is -0.126. The van der Waals surface area contributed by atoms with Gasteiger partial charge in [0.1, 0.15) is 0 Å². The number of nitrogens with zero attached hydrogens (tertiary/aromatic N) is 2. The molecular formula is C17H35N3O3S. The fourth-order valence-electron chi connectivity index (χ4n) is 3.04. The molecule has 1 atom stereocenters. The van der Waals surface area contributed by atoms with E-state index in [1.165, 1.54) is 17.1 Å². The molecular weight excluding hydrogens is 326 g/mol. The van der Waals surface area contributed by atoms with Crippen molar-refractivity contribution in [2.75, 3.05) is 45.5 Å².